The summed E-state index contributed by atoms with van der Waals surface area (Å²) in [5.74, 6) is 0.481. The quantitative estimate of drug-likeness (QED) is 0.196. The van der Waals surface area contributed by atoms with Crippen LogP contribution in [0.1, 0.15) is 45.0 Å². The number of aromatic nitrogens is 2. The van der Waals surface area contributed by atoms with Gasteiger partial charge in [0.25, 0.3) is 17.4 Å². The molecule has 38 heavy (non-hydrogen) atoms. The van der Waals surface area contributed by atoms with E-state index >= 15 is 0 Å². The molecule has 0 fully saturated rings. The van der Waals surface area contributed by atoms with Gasteiger partial charge in [-0.2, -0.15) is 0 Å². The van der Waals surface area contributed by atoms with Crippen molar-refractivity contribution >= 4 is 45.1 Å². The van der Waals surface area contributed by atoms with Gasteiger partial charge in [-0.1, -0.05) is 23.9 Å². The van der Waals surface area contributed by atoms with Crippen molar-refractivity contribution in [2.24, 2.45) is 0 Å². The molecule has 2 aromatic heterocycles. The molecule has 0 saturated carbocycles. The number of thioether (sulfide) groups is 1. The van der Waals surface area contributed by atoms with Gasteiger partial charge in [0.05, 0.1) is 41.5 Å². The van der Waals surface area contributed by atoms with Crippen molar-refractivity contribution in [1.29, 1.82) is 0 Å². The van der Waals surface area contributed by atoms with Gasteiger partial charge in [0.2, 0.25) is 0 Å². The minimum atomic E-state index is -0.363. The standard InChI is InChI=1S/C28H25N3O5S2/c1-28(2)14-20-21(15-36-28)38-23-22(20)26(34)31(16-8-10-17(35-3)11-9-16)27(29-23)37-13-12-30-24(32)18-6-4-5-7-19(18)25(30)33/h4-11H,12-15H2,1-3H3. The lowest BCUT2D eigenvalue weighted by molar-refractivity contribution is -0.0379. The maximum Gasteiger partial charge on any atom is 0.267 e. The summed E-state index contributed by atoms with van der Waals surface area (Å²) in [5.41, 5.74) is 2.01. The second-order valence-electron chi connectivity index (χ2n) is 9.80. The number of imide groups is 1. The number of hydrogen-bond donors (Lipinski definition) is 0. The molecule has 8 nitrogen and oxygen atoms in total. The molecule has 10 heteroatoms. The van der Waals surface area contributed by atoms with Gasteiger partial charge in [-0.25, -0.2) is 4.98 Å². The summed E-state index contributed by atoms with van der Waals surface area (Å²) in [4.78, 5) is 47.5. The fourth-order valence-electron chi connectivity index (χ4n) is 4.90. The molecule has 0 bridgehead atoms. The van der Waals surface area contributed by atoms with E-state index in [0.29, 0.717) is 56.7 Å². The number of nitrogens with zero attached hydrogens (tertiary/aromatic N) is 3. The van der Waals surface area contributed by atoms with Crippen molar-refractivity contribution in [2.45, 2.75) is 37.6 Å². The smallest absolute Gasteiger partial charge is 0.267 e. The van der Waals surface area contributed by atoms with Crippen LogP contribution in [0, 0.1) is 0 Å². The van der Waals surface area contributed by atoms with Gasteiger partial charge in [-0.3, -0.25) is 23.9 Å². The highest BCUT2D eigenvalue weighted by molar-refractivity contribution is 7.99. The van der Waals surface area contributed by atoms with E-state index in [-0.39, 0.29) is 29.5 Å². The van der Waals surface area contributed by atoms with Gasteiger partial charge in [-0.05, 0) is 55.8 Å². The summed E-state index contributed by atoms with van der Waals surface area (Å²) in [6.45, 7) is 4.71. The average molecular weight is 548 g/mol. The molecule has 2 aromatic carbocycles. The van der Waals surface area contributed by atoms with Crippen LogP contribution < -0.4 is 10.3 Å². The lowest BCUT2D eigenvalue weighted by Gasteiger charge is -2.29. The third-order valence-corrected chi connectivity index (χ3v) is 8.85. The maximum absolute atomic E-state index is 14.0. The number of hydrogen-bond acceptors (Lipinski definition) is 8. The minimum absolute atomic E-state index is 0.140. The van der Waals surface area contributed by atoms with Gasteiger partial charge in [0.15, 0.2) is 5.16 Å². The van der Waals surface area contributed by atoms with Gasteiger partial charge >= 0.3 is 0 Å². The van der Waals surface area contributed by atoms with E-state index in [1.807, 2.05) is 26.0 Å². The van der Waals surface area contributed by atoms with Crippen LogP contribution >= 0.6 is 23.1 Å². The molecule has 0 aliphatic carbocycles. The number of carbonyl (C=O) groups excluding carboxylic acids is 2. The summed E-state index contributed by atoms with van der Waals surface area (Å²) >= 11 is 2.83. The second kappa shape index (κ2) is 9.37. The van der Waals surface area contributed by atoms with Crippen LogP contribution in [-0.4, -0.2) is 51.3 Å². The van der Waals surface area contributed by atoms with Gasteiger partial charge in [-0.15, -0.1) is 11.3 Å². The van der Waals surface area contributed by atoms with Crippen molar-refractivity contribution in [3.8, 4) is 11.4 Å². The molecule has 2 aliphatic rings. The number of methoxy groups -OCH3 is 1. The molecule has 4 heterocycles. The van der Waals surface area contributed by atoms with Crippen molar-refractivity contribution in [2.75, 3.05) is 19.4 Å². The van der Waals surface area contributed by atoms with Crippen LogP contribution in [0.5, 0.6) is 5.75 Å². The van der Waals surface area contributed by atoms with Gasteiger partial charge < -0.3 is 9.47 Å². The van der Waals surface area contributed by atoms with E-state index in [9.17, 15) is 14.4 Å². The Morgan fingerprint density at radius 2 is 1.74 bits per heavy atom. The largest absolute Gasteiger partial charge is 0.497 e. The van der Waals surface area contributed by atoms with Crippen LogP contribution in [0.25, 0.3) is 15.9 Å². The first-order chi connectivity index (χ1) is 18.3. The molecule has 0 saturated heterocycles. The molecule has 4 aromatic rings. The Labute approximate surface area is 227 Å². The SMILES string of the molecule is COc1ccc(-n2c(SCCN3C(=O)c4ccccc4C3=O)nc3sc4c(c3c2=O)CC(C)(C)OC4)cc1. The third-order valence-electron chi connectivity index (χ3n) is 6.83. The highest BCUT2D eigenvalue weighted by atomic mass is 32.2. The average Bonchev–Trinajstić information content (AvgIpc) is 3.38. The summed E-state index contributed by atoms with van der Waals surface area (Å²) in [7, 11) is 1.59. The highest BCUT2D eigenvalue weighted by Gasteiger charge is 2.35. The number of ether oxygens (including phenoxy) is 2. The van der Waals surface area contributed by atoms with Crippen LogP contribution in [0.15, 0.2) is 58.5 Å². The predicted octanol–water partition coefficient (Wildman–Crippen LogP) is 4.70. The Kier molecular flexibility index (Phi) is 6.13. The summed E-state index contributed by atoms with van der Waals surface area (Å²) in [5, 5.41) is 1.13. The van der Waals surface area contributed by atoms with E-state index < -0.39 is 0 Å². The van der Waals surface area contributed by atoms with Crippen molar-refractivity contribution in [1.82, 2.24) is 14.5 Å². The van der Waals surface area contributed by atoms with E-state index in [0.717, 1.165) is 10.4 Å². The zero-order valence-electron chi connectivity index (χ0n) is 21.1. The van der Waals surface area contributed by atoms with E-state index in [1.54, 1.807) is 48.1 Å². The Balaban J connectivity index is 1.37. The first-order valence-corrected chi connectivity index (χ1v) is 14.0. The highest BCUT2D eigenvalue weighted by Crippen LogP contribution is 2.38. The number of thiophene rings is 1. The fraction of sp³-hybridized carbons (Fsp3) is 0.286. The molecule has 0 unspecified atom stereocenters. The van der Waals surface area contributed by atoms with Crippen molar-refractivity contribution < 1.29 is 19.1 Å². The van der Waals surface area contributed by atoms with Crippen LogP contribution in [0.3, 0.4) is 0 Å². The lowest BCUT2D eigenvalue weighted by atomic mass is 9.94. The third kappa shape index (κ3) is 4.13. The Bertz CT molecular complexity index is 1620. The molecule has 2 amide bonds. The van der Waals surface area contributed by atoms with Crippen molar-refractivity contribution in [3.05, 3.63) is 80.5 Å². The maximum atomic E-state index is 14.0. The van der Waals surface area contributed by atoms with Crippen LogP contribution in [0.2, 0.25) is 0 Å². The molecule has 0 atom stereocenters. The second-order valence-corrected chi connectivity index (χ2v) is 11.9. The Hall–Kier alpha value is -3.47. The lowest BCUT2D eigenvalue weighted by Crippen LogP contribution is -2.32. The number of carbonyl (C=O) groups is 2. The first kappa shape index (κ1) is 24.8. The monoisotopic (exact) mass is 547 g/mol. The van der Waals surface area contributed by atoms with Gasteiger partial charge in [0, 0.05) is 23.6 Å². The molecule has 6 rings (SSSR count). The summed E-state index contributed by atoms with van der Waals surface area (Å²) < 4.78 is 12.9. The van der Waals surface area contributed by atoms with Crippen LogP contribution in [-0.2, 0) is 17.8 Å². The van der Waals surface area contributed by atoms with Gasteiger partial charge in [0.1, 0.15) is 10.6 Å². The van der Waals surface area contributed by atoms with E-state index in [2.05, 4.69) is 0 Å². The summed E-state index contributed by atoms with van der Waals surface area (Å²) in [6.07, 6.45) is 0.633. The number of fused-ring (bicyclic) bond motifs is 4. The minimum Gasteiger partial charge on any atom is -0.497 e. The number of amides is 2. The normalized spacial score (nSPS) is 16.1. The molecule has 0 radical (unpaired) electrons. The Morgan fingerprint density at radius 1 is 1.05 bits per heavy atom. The molecule has 194 valence electrons. The molecule has 0 N–H and O–H groups in total. The van der Waals surface area contributed by atoms with Crippen molar-refractivity contribution in [3.63, 3.8) is 0 Å². The first-order valence-electron chi connectivity index (χ1n) is 12.2. The Morgan fingerprint density at radius 3 is 2.39 bits per heavy atom. The van der Waals surface area contributed by atoms with E-state index in [4.69, 9.17) is 14.5 Å². The molecular weight excluding hydrogens is 522 g/mol. The molecule has 0 spiro atoms. The zero-order chi connectivity index (χ0) is 26.6. The molecular formula is C28H25N3O5S2. The number of rotatable bonds is 6. The topological polar surface area (TPSA) is 90.7 Å². The zero-order valence-corrected chi connectivity index (χ0v) is 22.8. The summed E-state index contributed by atoms with van der Waals surface area (Å²) in [6, 6.07) is 14.1. The van der Waals surface area contributed by atoms with E-state index in [1.165, 1.54) is 28.0 Å². The van der Waals surface area contributed by atoms with Crippen LogP contribution in [0.4, 0.5) is 0 Å². The number of benzene rings is 2. The molecule has 2 aliphatic heterocycles. The predicted molar refractivity (Wildman–Crippen MR) is 147 cm³/mol. The fourth-order valence-corrected chi connectivity index (χ4v) is 6.98.